The fourth-order valence-electron chi connectivity index (χ4n) is 4.01. The Morgan fingerprint density at radius 2 is 1.71 bits per heavy atom. The standard InChI is InChI=1S/C22H21BrF3IN2O5/c1-9(30)28-14-6-5-10-16(18(32-2)20(34-4)19(33-3)17(10)23)12-7-13(27)15(8-11(12)14)29-21(31)22(24,25)26/h7-8,14H,5-6H2,1-4H3,(H,28,30)(H,29,31)/t14-/m0/s1. The molecule has 2 aromatic carbocycles. The number of ether oxygens (including phenoxy) is 3. The first-order chi connectivity index (χ1) is 15.9. The summed E-state index contributed by atoms with van der Waals surface area (Å²) in [5.41, 5.74) is 2.62. The maximum absolute atomic E-state index is 12.9. The van der Waals surface area contributed by atoms with Crippen molar-refractivity contribution >= 4 is 56.0 Å². The number of carbonyl (C=O) groups is 2. The van der Waals surface area contributed by atoms with E-state index in [1.165, 1.54) is 34.3 Å². The van der Waals surface area contributed by atoms with Crippen molar-refractivity contribution in [2.45, 2.75) is 32.0 Å². The van der Waals surface area contributed by atoms with Gasteiger partial charge in [0.2, 0.25) is 11.7 Å². The average Bonchev–Trinajstić information content (AvgIpc) is 2.90. The number of hydrogen-bond acceptors (Lipinski definition) is 5. The Bertz CT molecular complexity index is 1160. The van der Waals surface area contributed by atoms with Gasteiger partial charge < -0.3 is 24.8 Å². The Labute approximate surface area is 216 Å². The van der Waals surface area contributed by atoms with Gasteiger partial charge in [0.1, 0.15) is 0 Å². The van der Waals surface area contributed by atoms with E-state index in [4.69, 9.17) is 14.2 Å². The number of methoxy groups -OCH3 is 3. The fourth-order valence-corrected chi connectivity index (χ4v) is 5.35. The van der Waals surface area contributed by atoms with Gasteiger partial charge in [0.15, 0.2) is 11.5 Å². The molecule has 0 bridgehead atoms. The smallest absolute Gasteiger partial charge is 0.471 e. The number of nitrogens with one attached hydrogen (secondary N) is 2. The molecule has 0 aliphatic heterocycles. The van der Waals surface area contributed by atoms with Crippen LogP contribution in [0.5, 0.6) is 17.2 Å². The molecule has 0 fully saturated rings. The first kappa shape index (κ1) is 26.4. The third-order valence-corrected chi connectivity index (χ3v) is 7.10. The highest BCUT2D eigenvalue weighted by Crippen LogP contribution is 2.55. The maximum Gasteiger partial charge on any atom is 0.471 e. The molecule has 34 heavy (non-hydrogen) atoms. The summed E-state index contributed by atoms with van der Waals surface area (Å²) in [7, 11) is 4.44. The maximum atomic E-state index is 12.9. The van der Waals surface area contributed by atoms with E-state index >= 15 is 0 Å². The minimum atomic E-state index is -5.04. The molecular formula is C22H21BrF3IN2O5. The van der Waals surface area contributed by atoms with E-state index in [0.717, 1.165) is 5.56 Å². The summed E-state index contributed by atoms with van der Waals surface area (Å²) in [6.45, 7) is 1.36. The van der Waals surface area contributed by atoms with Gasteiger partial charge in [0, 0.05) is 16.1 Å². The van der Waals surface area contributed by atoms with Gasteiger partial charge in [-0.1, -0.05) is 0 Å². The molecule has 0 saturated carbocycles. The fraction of sp³-hybridized carbons (Fsp3) is 0.364. The Balaban J connectivity index is 2.35. The number of anilines is 1. The zero-order valence-corrected chi connectivity index (χ0v) is 22.3. The van der Waals surface area contributed by atoms with Gasteiger partial charge in [-0.25, -0.2) is 0 Å². The van der Waals surface area contributed by atoms with Crippen LogP contribution in [0.4, 0.5) is 18.9 Å². The van der Waals surface area contributed by atoms with Crippen LogP contribution in [0.15, 0.2) is 16.6 Å². The van der Waals surface area contributed by atoms with Gasteiger partial charge in [-0.2, -0.15) is 13.2 Å². The zero-order chi connectivity index (χ0) is 25.4. The number of fused-ring (bicyclic) bond motifs is 3. The number of benzene rings is 2. The lowest BCUT2D eigenvalue weighted by Gasteiger charge is -2.23. The van der Waals surface area contributed by atoms with Crippen LogP contribution < -0.4 is 24.8 Å². The van der Waals surface area contributed by atoms with Crippen molar-refractivity contribution in [2.75, 3.05) is 26.6 Å². The SMILES string of the molecule is COc1c(Br)c2c(c(OC)c1OC)-c1cc(I)c(NC(=O)C(F)(F)F)cc1[C@@H](NC(C)=O)CC2. The number of amides is 2. The number of alkyl halides is 3. The monoisotopic (exact) mass is 656 g/mol. The van der Waals surface area contributed by atoms with Crippen LogP contribution in [0.25, 0.3) is 11.1 Å². The van der Waals surface area contributed by atoms with Crippen LogP contribution in [0.3, 0.4) is 0 Å². The van der Waals surface area contributed by atoms with Gasteiger partial charge >= 0.3 is 12.1 Å². The molecule has 3 rings (SSSR count). The molecule has 1 atom stereocenters. The topological polar surface area (TPSA) is 85.9 Å². The molecule has 1 aliphatic rings. The molecule has 12 heteroatoms. The normalized spacial score (nSPS) is 14.9. The molecule has 0 unspecified atom stereocenters. The lowest BCUT2D eigenvalue weighted by Crippen LogP contribution is -2.30. The molecule has 184 valence electrons. The molecule has 2 amide bonds. The summed E-state index contributed by atoms with van der Waals surface area (Å²) in [4.78, 5) is 23.6. The van der Waals surface area contributed by atoms with E-state index in [-0.39, 0.29) is 11.6 Å². The Morgan fingerprint density at radius 1 is 1.09 bits per heavy atom. The molecule has 2 N–H and O–H groups in total. The number of halogens is 5. The summed E-state index contributed by atoms with van der Waals surface area (Å²) in [6.07, 6.45) is -4.13. The van der Waals surface area contributed by atoms with E-state index in [0.29, 0.717) is 54.8 Å². The van der Waals surface area contributed by atoms with Gasteiger partial charge in [0.25, 0.3) is 0 Å². The van der Waals surface area contributed by atoms with E-state index in [2.05, 4.69) is 21.2 Å². The van der Waals surface area contributed by atoms with Crippen LogP contribution in [0.2, 0.25) is 0 Å². The lowest BCUT2D eigenvalue weighted by molar-refractivity contribution is -0.167. The average molecular weight is 657 g/mol. The molecule has 0 aromatic heterocycles. The van der Waals surface area contributed by atoms with Crippen molar-refractivity contribution in [3.05, 3.63) is 31.3 Å². The highest BCUT2D eigenvalue weighted by atomic mass is 127. The van der Waals surface area contributed by atoms with Crippen LogP contribution >= 0.6 is 38.5 Å². The minimum Gasteiger partial charge on any atom is -0.492 e. The summed E-state index contributed by atoms with van der Waals surface area (Å²) in [5.74, 6) is -1.24. The predicted octanol–water partition coefficient (Wildman–Crippen LogP) is 5.37. The summed E-state index contributed by atoms with van der Waals surface area (Å²) in [5, 5.41) is 4.79. The molecule has 7 nitrogen and oxygen atoms in total. The number of hydrogen-bond donors (Lipinski definition) is 2. The largest absolute Gasteiger partial charge is 0.492 e. The highest BCUT2D eigenvalue weighted by Gasteiger charge is 2.39. The van der Waals surface area contributed by atoms with Crippen LogP contribution in [0, 0.1) is 3.57 Å². The van der Waals surface area contributed by atoms with E-state index in [1.54, 1.807) is 6.07 Å². The molecule has 0 saturated heterocycles. The van der Waals surface area contributed by atoms with Gasteiger partial charge in [0.05, 0.1) is 37.5 Å². The van der Waals surface area contributed by atoms with Crippen molar-refractivity contribution in [1.29, 1.82) is 0 Å². The molecule has 1 aliphatic carbocycles. The van der Waals surface area contributed by atoms with E-state index in [1.807, 2.05) is 27.9 Å². The Hall–Kier alpha value is -2.22. The Kier molecular flexibility index (Phi) is 7.90. The van der Waals surface area contributed by atoms with E-state index in [9.17, 15) is 22.8 Å². The zero-order valence-electron chi connectivity index (χ0n) is 18.6. The van der Waals surface area contributed by atoms with Crippen molar-refractivity contribution in [1.82, 2.24) is 5.32 Å². The minimum absolute atomic E-state index is 0.0148. The van der Waals surface area contributed by atoms with Crippen LogP contribution in [0.1, 0.15) is 30.5 Å². The van der Waals surface area contributed by atoms with Gasteiger partial charge in [-0.15, -0.1) is 0 Å². The number of rotatable bonds is 5. The van der Waals surface area contributed by atoms with Crippen LogP contribution in [-0.4, -0.2) is 39.3 Å². The molecule has 0 radical (unpaired) electrons. The third kappa shape index (κ3) is 4.92. The van der Waals surface area contributed by atoms with Crippen molar-refractivity contribution in [3.63, 3.8) is 0 Å². The first-order valence-electron chi connectivity index (χ1n) is 9.93. The van der Waals surface area contributed by atoms with Gasteiger partial charge in [-0.05, 0) is 80.2 Å². The van der Waals surface area contributed by atoms with E-state index < -0.39 is 18.1 Å². The quantitative estimate of drug-likeness (QED) is 0.423. The first-order valence-corrected chi connectivity index (χ1v) is 11.8. The number of carbonyl (C=O) groups excluding carboxylic acids is 2. The van der Waals surface area contributed by atoms with Gasteiger partial charge in [-0.3, -0.25) is 9.59 Å². The Morgan fingerprint density at radius 3 is 2.24 bits per heavy atom. The highest BCUT2D eigenvalue weighted by molar-refractivity contribution is 14.1. The molecular weight excluding hydrogens is 636 g/mol. The second-order valence-electron chi connectivity index (χ2n) is 7.43. The lowest BCUT2D eigenvalue weighted by atomic mass is 9.93. The second-order valence-corrected chi connectivity index (χ2v) is 9.39. The molecule has 0 heterocycles. The molecule has 0 spiro atoms. The summed E-state index contributed by atoms with van der Waals surface area (Å²) in [6, 6.07) is 2.58. The van der Waals surface area contributed by atoms with Crippen molar-refractivity contribution in [2.24, 2.45) is 0 Å². The predicted molar refractivity (Wildman–Crippen MR) is 132 cm³/mol. The second kappa shape index (κ2) is 10.2. The molecule has 2 aromatic rings. The third-order valence-electron chi connectivity index (χ3n) is 5.37. The summed E-state index contributed by atoms with van der Waals surface area (Å²) >= 11 is 5.45. The van der Waals surface area contributed by atoms with Crippen LogP contribution in [-0.2, 0) is 16.0 Å². The summed E-state index contributed by atoms with van der Waals surface area (Å²) < 4.78 is 56.5. The van der Waals surface area contributed by atoms with Crippen molar-refractivity contribution in [3.8, 4) is 28.4 Å². The van der Waals surface area contributed by atoms with Crippen molar-refractivity contribution < 1.29 is 37.0 Å².